The third-order valence-corrected chi connectivity index (χ3v) is 4.86. The van der Waals surface area contributed by atoms with Crippen LogP contribution in [0.25, 0.3) is 0 Å². The minimum atomic E-state index is 0.0329. The molecule has 112 valence electrons. The van der Waals surface area contributed by atoms with E-state index in [2.05, 4.69) is 10.1 Å². The zero-order chi connectivity index (χ0) is 14.8. The Morgan fingerprint density at radius 1 is 1.52 bits per heavy atom. The van der Waals surface area contributed by atoms with E-state index < -0.39 is 0 Å². The van der Waals surface area contributed by atoms with Gasteiger partial charge >= 0.3 is 0 Å². The maximum atomic E-state index is 13.0. The number of amides is 1. The van der Waals surface area contributed by atoms with Gasteiger partial charge in [0.1, 0.15) is 16.3 Å². The van der Waals surface area contributed by atoms with Gasteiger partial charge in [0.15, 0.2) is 0 Å². The van der Waals surface area contributed by atoms with E-state index in [9.17, 15) is 4.79 Å². The maximum Gasteiger partial charge on any atom is 0.259 e. The molecular weight excluding hydrogens is 286 g/mol. The molecule has 0 aliphatic carbocycles. The van der Waals surface area contributed by atoms with Crippen LogP contribution in [-0.4, -0.2) is 27.5 Å². The Morgan fingerprint density at radius 3 is 3.10 bits per heavy atom. The predicted octanol–water partition coefficient (Wildman–Crippen LogP) is 3.37. The van der Waals surface area contributed by atoms with Gasteiger partial charge in [-0.2, -0.15) is 0 Å². The summed E-state index contributed by atoms with van der Waals surface area (Å²) in [4.78, 5) is 19.3. The molecule has 0 aromatic carbocycles. The van der Waals surface area contributed by atoms with Gasteiger partial charge < -0.3 is 9.42 Å². The summed E-state index contributed by atoms with van der Waals surface area (Å²) in [7, 11) is 0. The fourth-order valence-corrected chi connectivity index (χ4v) is 3.69. The van der Waals surface area contributed by atoms with Crippen molar-refractivity contribution >= 4 is 17.2 Å². The van der Waals surface area contributed by atoms with Gasteiger partial charge in [-0.05, 0) is 32.6 Å². The molecule has 0 unspecified atom stereocenters. The summed E-state index contributed by atoms with van der Waals surface area (Å²) in [6, 6.07) is 0.0882. The first-order valence-electron chi connectivity index (χ1n) is 7.38. The average Bonchev–Trinajstić information content (AvgIpc) is 3.16. The van der Waals surface area contributed by atoms with E-state index in [0.717, 1.165) is 36.5 Å². The van der Waals surface area contributed by atoms with Crippen molar-refractivity contribution in [2.24, 2.45) is 0 Å². The number of nitrogens with zero attached hydrogens (tertiary/aromatic N) is 3. The molecule has 1 atom stereocenters. The normalized spacial score (nSPS) is 19.0. The number of aromatic nitrogens is 2. The molecule has 0 radical (unpaired) electrons. The molecule has 2 aromatic heterocycles. The number of rotatable bonds is 3. The first-order valence-corrected chi connectivity index (χ1v) is 8.25. The summed E-state index contributed by atoms with van der Waals surface area (Å²) in [5, 5.41) is 6.99. The molecule has 0 bridgehead atoms. The minimum Gasteiger partial charge on any atom is -0.361 e. The van der Waals surface area contributed by atoms with E-state index in [-0.39, 0.29) is 11.9 Å². The van der Waals surface area contributed by atoms with Crippen molar-refractivity contribution in [3.8, 4) is 0 Å². The van der Waals surface area contributed by atoms with Crippen LogP contribution in [0.2, 0.25) is 0 Å². The largest absolute Gasteiger partial charge is 0.361 e. The fourth-order valence-electron chi connectivity index (χ4n) is 2.91. The van der Waals surface area contributed by atoms with Gasteiger partial charge in [0.25, 0.3) is 5.91 Å². The van der Waals surface area contributed by atoms with Crippen molar-refractivity contribution in [3.05, 3.63) is 33.6 Å². The Labute approximate surface area is 128 Å². The lowest BCUT2D eigenvalue weighted by molar-refractivity contribution is 0.0608. The van der Waals surface area contributed by atoms with Crippen LogP contribution in [0, 0.1) is 6.92 Å². The van der Waals surface area contributed by atoms with Gasteiger partial charge in [0.05, 0.1) is 11.7 Å². The lowest BCUT2D eigenvalue weighted by Gasteiger charge is -2.34. The summed E-state index contributed by atoms with van der Waals surface area (Å²) >= 11 is 1.62. The smallest absolute Gasteiger partial charge is 0.259 e. The van der Waals surface area contributed by atoms with Gasteiger partial charge in [-0.15, -0.1) is 11.3 Å². The Morgan fingerprint density at radius 2 is 2.38 bits per heavy atom. The van der Waals surface area contributed by atoms with Gasteiger partial charge in [-0.25, -0.2) is 4.98 Å². The molecule has 21 heavy (non-hydrogen) atoms. The third-order valence-electron chi connectivity index (χ3n) is 3.98. The van der Waals surface area contributed by atoms with Crippen molar-refractivity contribution in [2.45, 2.75) is 45.6 Å². The van der Waals surface area contributed by atoms with E-state index >= 15 is 0 Å². The first-order chi connectivity index (χ1) is 10.2. The van der Waals surface area contributed by atoms with Crippen LogP contribution in [0.15, 0.2) is 16.1 Å². The number of hydrogen-bond donors (Lipinski definition) is 0. The molecular formula is C15H19N3O2S. The molecule has 0 N–H and O–H groups in total. The lowest BCUT2D eigenvalue weighted by Crippen LogP contribution is -2.39. The van der Waals surface area contributed by atoms with Gasteiger partial charge in [-0.1, -0.05) is 12.1 Å². The van der Waals surface area contributed by atoms with Crippen molar-refractivity contribution in [1.29, 1.82) is 0 Å². The van der Waals surface area contributed by atoms with Crippen LogP contribution in [0.5, 0.6) is 0 Å². The number of piperidine rings is 1. The van der Waals surface area contributed by atoms with Gasteiger partial charge in [0, 0.05) is 18.1 Å². The van der Waals surface area contributed by atoms with Crippen molar-refractivity contribution in [2.75, 3.05) is 6.54 Å². The number of thiazole rings is 1. The summed E-state index contributed by atoms with van der Waals surface area (Å²) < 4.78 is 5.21. The Balaban J connectivity index is 1.93. The first kappa shape index (κ1) is 14.3. The molecule has 1 fully saturated rings. The van der Waals surface area contributed by atoms with E-state index in [1.165, 1.54) is 0 Å². The number of carbonyl (C=O) groups excluding carboxylic acids is 1. The number of hydrogen-bond acceptors (Lipinski definition) is 5. The van der Waals surface area contributed by atoms with E-state index in [0.29, 0.717) is 17.7 Å². The SMILES string of the molecule is CCc1noc(C)c1C(=O)N1CCCC[C@@H]1c1nccs1. The molecule has 3 rings (SSSR count). The third kappa shape index (κ3) is 2.60. The molecule has 1 aliphatic rings. The number of likely N-dealkylation sites (tertiary alicyclic amines) is 1. The highest BCUT2D eigenvalue weighted by Crippen LogP contribution is 2.34. The summed E-state index contributed by atoms with van der Waals surface area (Å²) in [5.74, 6) is 0.644. The van der Waals surface area contributed by atoms with Gasteiger partial charge in [-0.3, -0.25) is 4.79 Å². The Bertz CT molecular complexity index is 621. The zero-order valence-corrected chi connectivity index (χ0v) is 13.2. The molecule has 3 heterocycles. The fraction of sp³-hybridized carbons (Fsp3) is 0.533. The topological polar surface area (TPSA) is 59.2 Å². The van der Waals surface area contributed by atoms with Crippen molar-refractivity contribution < 1.29 is 9.32 Å². The van der Waals surface area contributed by atoms with Gasteiger partial charge in [0.2, 0.25) is 0 Å². The van der Waals surface area contributed by atoms with E-state index in [4.69, 9.17) is 4.52 Å². The van der Waals surface area contributed by atoms with Crippen LogP contribution >= 0.6 is 11.3 Å². The molecule has 1 amide bonds. The highest BCUT2D eigenvalue weighted by Gasteiger charge is 2.33. The Kier molecular flexibility index (Phi) is 4.05. The van der Waals surface area contributed by atoms with E-state index in [1.54, 1.807) is 17.5 Å². The van der Waals surface area contributed by atoms with Crippen LogP contribution < -0.4 is 0 Å². The molecule has 5 nitrogen and oxygen atoms in total. The molecule has 0 spiro atoms. The minimum absolute atomic E-state index is 0.0329. The second kappa shape index (κ2) is 5.97. The molecule has 0 saturated carbocycles. The molecule has 1 aliphatic heterocycles. The zero-order valence-electron chi connectivity index (χ0n) is 12.3. The van der Waals surface area contributed by atoms with Crippen molar-refractivity contribution in [1.82, 2.24) is 15.0 Å². The van der Waals surface area contributed by atoms with Crippen LogP contribution in [-0.2, 0) is 6.42 Å². The lowest BCUT2D eigenvalue weighted by atomic mass is 10.0. The van der Waals surface area contributed by atoms with Crippen LogP contribution in [0.3, 0.4) is 0 Å². The monoisotopic (exact) mass is 305 g/mol. The molecule has 6 heteroatoms. The van der Waals surface area contributed by atoms with E-state index in [1.807, 2.05) is 24.1 Å². The standard InChI is InChI=1S/C15H19N3O2S/c1-3-11-13(10(2)20-17-11)15(19)18-8-5-4-6-12(18)14-16-7-9-21-14/h7,9,12H,3-6,8H2,1-2H3/t12-/m1/s1. The number of carbonyl (C=O) groups is 1. The summed E-state index contributed by atoms with van der Waals surface area (Å²) in [6.45, 7) is 4.57. The molecule has 1 saturated heterocycles. The predicted molar refractivity (Wildman–Crippen MR) is 80.4 cm³/mol. The second-order valence-electron chi connectivity index (χ2n) is 5.29. The van der Waals surface area contributed by atoms with Crippen LogP contribution in [0.4, 0.5) is 0 Å². The highest BCUT2D eigenvalue weighted by molar-refractivity contribution is 7.09. The summed E-state index contributed by atoms with van der Waals surface area (Å²) in [6.07, 6.45) is 5.66. The highest BCUT2D eigenvalue weighted by atomic mass is 32.1. The quantitative estimate of drug-likeness (QED) is 0.872. The molecule has 2 aromatic rings. The Hall–Kier alpha value is -1.69. The van der Waals surface area contributed by atoms with Crippen molar-refractivity contribution in [3.63, 3.8) is 0 Å². The van der Waals surface area contributed by atoms with Crippen LogP contribution in [0.1, 0.15) is 59.0 Å². The average molecular weight is 305 g/mol. The summed E-state index contributed by atoms with van der Waals surface area (Å²) in [5.41, 5.74) is 1.39. The maximum absolute atomic E-state index is 13.0. The number of aryl methyl sites for hydroxylation is 2. The second-order valence-corrected chi connectivity index (χ2v) is 6.22.